The molecule has 5 heteroatoms. The maximum absolute atomic E-state index is 11.9. The minimum absolute atomic E-state index is 0.112. The third-order valence-corrected chi connectivity index (χ3v) is 4.47. The van der Waals surface area contributed by atoms with Crippen molar-refractivity contribution in [2.75, 3.05) is 6.26 Å². The molecule has 2 N–H and O–H groups in total. The standard InChI is InChI=1S/C12H19NO3S/c1-7(8(2)12(15)16)11(14)13-9-5-4-6-10(9)17-3/h9-10H,4-6H2,1-3H3,(H,13,14)(H,15,16). The van der Waals surface area contributed by atoms with Crippen LogP contribution >= 0.6 is 11.8 Å². The summed E-state index contributed by atoms with van der Waals surface area (Å²) in [5.74, 6) is -1.29. The molecule has 0 bridgehead atoms. The maximum Gasteiger partial charge on any atom is 0.331 e. The van der Waals surface area contributed by atoms with Crippen LogP contribution in [0.2, 0.25) is 0 Å². The second-order valence-electron chi connectivity index (χ2n) is 4.34. The highest BCUT2D eigenvalue weighted by molar-refractivity contribution is 7.99. The fraction of sp³-hybridized carbons (Fsp3) is 0.667. The molecule has 1 amide bonds. The number of carbonyl (C=O) groups excluding carboxylic acids is 1. The molecule has 17 heavy (non-hydrogen) atoms. The zero-order chi connectivity index (χ0) is 13.0. The summed E-state index contributed by atoms with van der Waals surface area (Å²) in [6.07, 6.45) is 5.26. The molecule has 0 heterocycles. The van der Waals surface area contributed by atoms with E-state index >= 15 is 0 Å². The molecule has 0 aromatic carbocycles. The van der Waals surface area contributed by atoms with Crippen LogP contribution in [0.5, 0.6) is 0 Å². The van der Waals surface area contributed by atoms with Gasteiger partial charge in [-0.3, -0.25) is 4.79 Å². The molecule has 0 spiro atoms. The van der Waals surface area contributed by atoms with Crippen LogP contribution in [0.15, 0.2) is 11.1 Å². The molecule has 0 saturated heterocycles. The summed E-state index contributed by atoms with van der Waals surface area (Å²) in [6.45, 7) is 3.01. The van der Waals surface area contributed by atoms with Gasteiger partial charge < -0.3 is 10.4 Å². The van der Waals surface area contributed by atoms with Gasteiger partial charge >= 0.3 is 5.97 Å². The van der Waals surface area contributed by atoms with E-state index in [1.54, 1.807) is 18.7 Å². The number of carboxylic acids is 1. The number of nitrogens with one attached hydrogen (secondary N) is 1. The Balaban J connectivity index is 2.66. The highest BCUT2D eigenvalue weighted by Gasteiger charge is 2.28. The Bertz CT molecular complexity index is 352. The van der Waals surface area contributed by atoms with E-state index in [0.29, 0.717) is 10.8 Å². The quantitative estimate of drug-likeness (QED) is 0.754. The molecule has 0 aromatic heterocycles. The van der Waals surface area contributed by atoms with E-state index < -0.39 is 5.97 Å². The van der Waals surface area contributed by atoms with Gasteiger partial charge in [0.05, 0.1) is 0 Å². The molecule has 1 fully saturated rings. The van der Waals surface area contributed by atoms with Crippen LogP contribution in [0.3, 0.4) is 0 Å². The van der Waals surface area contributed by atoms with Gasteiger partial charge in [-0.15, -0.1) is 0 Å². The van der Waals surface area contributed by atoms with Crippen LogP contribution in [0.4, 0.5) is 0 Å². The average Bonchev–Trinajstić information content (AvgIpc) is 2.73. The lowest BCUT2D eigenvalue weighted by Crippen LogP contribution is -2.39. The van der Waals surface area contributed by atoms with Crippen LogP contribution in [0.1, 0.15) is 33.1 Å². The van der Waals surface area contributed by atoms with Gasteiger partial charge in [0.15, 0.2) is 0 Å². The molecule has 0 aromatic rings. The van der Waals surface area contributed by atoms with E-state index in [1.165, 1.54) is 6.92 Å². The predicted molar refractivity (Wildman–Crippen MR) is 69.1 cm³/mol. The fourth-order valence-corrected chi connectivity index (χ4v) is 2.92. The van der Waals surface area contributed by atoms with Crippen molar-refractivity contribution in [1.29, 1.82) is 0 Å². The first-order valence-electron chi connectivity index (χ1n) is 5.71. The van der Waals surface area contributed by atoms with Crippen LogP contribution in [0.25, 0.3) is 0 Å². The molecule has 1 saturated carbocycles. The first-order valence-corrected chi connectivity index (χ1v) is 7.00. The van der Waals surface area contributed by atoms with E-state index in [9.17, 15) is 9.59 Å². The first kappa shape index (κ1) is 14.1. The Kier molecular flexibility index (Phi) is 5.05. The SMILES string of the molecule is CSC1CCCC1NC(=O)C(C)=C(C)C(=O)O. The average molecular weight is 257 g/mol. The van der Waals surface area contributed by atoms with Crippen molar-refractivity contribution in [3.8, 4) is 0 Å². The number of rotatable bonds is 4. The number of thioether (sulfide) groups is 1. The second-order valence-corrected chi connectivity index (χ2v) is 5.42. The van der Waals surface area contributed by atoms with Crippen molar-refractivity contribution in [2.24, 2.45) is 0 Å². The zero-order valence-electron chi connectivity index (χ0n) is 10.4. The Morgan fingerprint density at radius 1 is 1.24 bits per heavy atom. The summed E-state index contributed by atoms with van der Waals surface area (Å²) in [4.78, 5) is 22.6. The van der Waals surface area contributed by atoms with E-state index in [1.807, 2.05) is 6.26 Å². The van der Waals surface area contributed by atoms with Gasteiger partial charge in [-0.05, 0) is 32.9 Å². The van der Waals surface area contributed by atoms with Crippen molar-refractivity contribution in [3.05, 3.63) is 11.1 Å². The first-order chi connectivity index (χ1) is 7.97. The molecule has 1 aliphatic carbocycles. The molecule has 4 nitrogen and oxygen atoms in total. The van der Waals surface area contributed by atoms with Gasteiger partial charge in [-0.1, -0.05) is 6.42 Å². The highest BCUT2D eigenvalue weighted by atomic mass is 32.2. The minimum atomic E-state index is -1.04. The normalized spacial score (nSPS) is 25.4. The summed E-state index contributed by atoms with van der Waals surface area (Å²) in [7, 11) is 0. The number of hydrogen-bond donors (Lipinski definition) is 2. The topological polar surface area (TPSA) is 66.4 Å². The summed E-state index contributed by atoms with van der Waals surface area (Å²) in [6, 6.07) is 0.175. The number of hydrogen-bond acceptors (Lipinski definition) is 3. The van der Waals surface area contributed by atoms with Crippen molar-refractivity contribution >= 4 is 23.6 Å². The van der Waals surface area contributed by atoms with E-state index in [4.69, 9.17) is 5.11 Å². The van der Waals surface area contributed by atoms with Crippen molar-refractivity contribution in [1.82, 2.24) is 5.32 Å². The third-order valence-electron chi connectivity index (χ3n) is 3.30. The Morgan fingerprint density at radius 2 is 1.88 bits per heavy atom. The van der Waals surface area contributed by atoms with Gasteiger partial charge in [0.2, 0.25) is 5.91 Å². The molecular weight excluding hydrogens is 238 g/mol. The lowest BCUT2D eigenvalue weighted by Gasteiger charge is -2.19. The molecule has 2 atom stereocenters. The lowest BCUT2D eigenvalue weighted by molar-refractivity contribution is -0.133. The molecular formula is C12H19NO3S. The van der Waals surface area contributed by atoms with Gasteiger partial charge in [-0.25, -0.2) is 4.79 Å². The van der Waals surface area contributed by atoms with E-state index in [2.05, 4.69) is 5.32 Å². The summed E-state index contributed by atoms with van der Waals surface area (Å²) >= 11 is 1.76. The monoisotopic (exact) mass is 257 g/mol. The molecule has 2 unspecified atom stereocenters. The largest absolute Gasteiger partial charge is 0.478 e. The van der Waals surface area contributed by atoms with Crippen LogP contribution in [0, 0.1) is 0 Å². The fourth-order valence-electron chi connectivity index (χ4n) is 1.98. The molecule has 1 aliphatic rings. The lowest BCUT2D eigenvalue weighted by atomic mass is 10.1. The van der Waals surface area contributed by atoms with Gasteiger partial charge in [-0.2, -0.15) is 11.8 Å². The summed E-state index contributed by atoms with van der Waals surface area (Å²) in [5.41, 5.74) is 0.408. The Hall–Kier alpha value is -0.970. The summed E-state index contributed by atoms with van der Waals surface area (Å²) in [5, 5.41) is 12.2. The molecule has 0 aliphatic heterocycles. The third kappa shape index (κ3) is 3.49. The molecule has 96 valence electrons. The number of amides is 1. The van der Waals surface area contributed by atoms with Crippen LogP contribution in [-0.4, -0.2) is 34.5 Å². The van der Waals surface area contributed by atoms with Crippen molar-refractivity contribution in [2.45, 2.75) is 44.4 Å². The van der Waals surface area contributed by atoms with Crippen molar-refractivity contribution < 1.29 is 14.7 Å². The Morgan fingerprint density at radius 3 is 2.41 bits per heavy atom. The van der Waals surface area contributed by atoms with Gasteiger partial charge in [0.1, 0.15) is 0 Å². The van der Waals surface area contributed by atoms with E-state index in [0.717, 1.165) is 19.3 Å². The molecule has 0 radical (unpaired) electrons. The maximum atomic E-state index is 11.9. The predicted octanol–water partition coefficient (Wildman–Crippen LogP) is 1.81. The summed E-state index contributed by atoms with van der Waals surface area (Å²) < 4.78 is 0. The van der Waals surface area contributed by atoms with Gasteiger partial charge in [0, 0.05) is 22.4 Å². The second kappa shape index (κ2) is 6.10. The number of aliphatic carboxylic acids is 1. The number of carboxylic acid groups (broad SMARTS) is 1. The van der Waals surface area contributed by atoms with Gasteiger partial charge in [0.25, 0.3) is 0 Å². The minimum Gasteiger partial charge on any atom is -0.478 e. The van der Waals surface area contributed by atoms with Crippen LogP contribution in [-0.2, 0) is 9.59 Å². The highest BCUT2D eigenvalue weighted by Crippen LogP contribution is 2.28. The number of carbonyl (C=O) groups is 2. The Labute approximate surface area is 106 Å². The smallest absolute Gasteiger partial charge is 0.331 e. The zero-order valence-corrected chi connectivity index (χ0v) is 11.3. The molecule has 1 rings (SSSR count). The van der Waals surface area contributed by atoms with Crippen molar-refractivity contribution in [3.63, 3.8) is 0 Å². The van der Waals surface area contributed by atoms with E-state index in [-0.39, 0.29) is 17.5 Å². The van der Waals surface area contributed by atoms with Crippen LogP contribution < -0.4 is 5.32 Å².